The van der Waals surface area contributed by atoms with Gasteiger partial charge in [0.25, 0.3) is 0 Å². The summed E-state index contributed by atoms with van der Waals surface area (Å²) >= 11 is 0. The minimum Gasteiger partial charge on any atom is -0.373 e. The summed E-state index contributed by atoms with van der Waals surface area (Å²) in [6, 6.07) is 7.91. The first-order valence-corrected chi connectivity index (χ1v) is 10.9. The van der Waals surface area contributed by atoms with Gasteiger partial charge in [-0.15, -0.1) is 0 Å². The average molecular weight is 426 g/mol. The van der Waals surface area contributed by atoms with E-state index in [0.29, 0.717) is 25.1 Å². The van der Waals surface area contributed by atoms with Crippen LogP contribution < -0.4 is 10.2 Å². The molecule has 0 unspecified atom stereocenters. The second-order valence-electron chi connectivity index (χ2n) is 8.18. The summed E-state index contributed by atoms with van der Waals surface area (Å²) in [4.78, 5) is 37.8. The van der Waals surface area contributed by atoms with E-state index in [1.807, 2.05) is 24.9 Å². The van der Waals surface area contributed by atoms with E-state index in [1.54, 1.807) is 17.0 Å². The van der Waals surface area contributed by atoms with Crippen molar-refractivity contribution in [2.24, 2.45) is 0 Å². The molecular weight excluding hydrogens is 397 g/mol. The molecule has 0 aliphatic carbocycles. The summed E-state index contributed by atoms with van der Waals surface area (Å²) in [6.07, 6.45) is 2.56. The molecule has 2 aliphatic rings. The molecule has 7 nitrogen and oxygen atoms in total. The number of carbonyl (C=O) groups is 2. The van der Waals surface area contributed by atoms with Gasteiger partial charge in [-0.3, -0.25) is 9.59 Å². The van der Waals surface area contributed by atoms with E-state index >= 15 is 0 Å². The van der Waals surface area contributed by atoms with Gasteiger partial charge in [0.2, 0.25) is 11.8 Å². The molecule has 1 aromatic carbocycles. The molecule has 2 saturated heterocycles. The molecule has 2 fully saturated rings. The molecule has 2 aromatic rings. The van der Waals surface area contributed by atoms with E-state index in [4.69, 9.17) is 4.98 Å². The van der Waals surface area contributed by atoms with Crippen LogP contribution in [-0.2, 0) is 9.59 Å². The molecule has 0 saturated carbocycles. The number of benzene rings is 1. The summed E-state index contributed by atoms with van der Waals surface area (Å²) < 4.78 is 13.3. The maximum Gasteiger partial charge on any atom is 0.227 e. The maximum absolute atomic E-state index is 13.3. The zero-order valence-corrected chi connectivity index (χ0v) is 18.0. The van der Waals surface area contributed by atoms with Crippen LogP contribution in [0.5, 0.6) is 0 Å². The molecule has 3 heterocycles. The lowest BCUT2D eigenvalue weighted by Gasteiger charge is -2.31. The van der Waals surface area contributed by atoms with Crippen molar-refractivity contribution in [3.8, 4) is 0 Å². The van der Waals surface area contributed by atoms with Gasteiger partial charge in [-0.2, -0.15) is 0 Å². The number of nitrogens with one attached hydrogen (secondary N) is 1. The third-order valence-electron chi connectivity index (χ3n) is 6.22. The molecule has 1 atom stereocenters. The van der Waals surface area contributed by atoms with Crippen LogP contribution in [0.15, 0.2) is 30.3 Å². The van der Waals surface area contributed by atoms with Gasteiger partial charge in [0, 0.05) is 63.1 Å². The van der Waals surface area contributed by atoms with E-state index in [0.717, 1.165) is 43.3 Å². The fraction of sp³-hybridized carbons (Fsp3) is 0.478. The second kappa shape index (κ2) is 8.99. The maximum atomic E-state index is 13.3. The highest BCUT2D eigenvalue weighted by molar-refractivity contribution is 5.96. The Hall–Kier alpha value is -3.03. The van der Waals surface area contributed by atoms with Crippen molar-refractivity contribution in [2.45, 2.75) is 44.4 Å². The molecule has 8 heteroatoms. The van der Waals surface area contributed by atoms with Crippen LogP contribution in [0.3, 0.4) is 0 Å². The molecule has 0 radical (unpaired) electrons. The Kier molecular flexibility index (Phi) is 6.15. The quantitative estimate of drug-likeness (QED) is 0.795. The molecule has 164 valence electrons. The minimum atomic E-state index is -0.322. The van der Waals surface area contributed by atoms with Crippen molar-refractivity contribution in [2.75, 3.05) is 36.9 Å². The van der Waals surface area contributed by atoms with E-state index in [9.17, 15) is 14.0 Å². The SMILES string of the molecule is CCC(=O)N1CCC(c2nc(NC)cc([C@@H]3CC(=O)N(c4ccc(F)cc4)C3)n2)CC1. The second-order valence-corrected chi connectivity index (χ2v) is 8.18. The third kappa shape index (κ3) is 4.52. The number of piperidine rings is 1. The van der Waals surface area contributed by atoms with Gasteiger partial charge in [-0.1, -0.05) is 6.92 Å². The molecule has 1 N–H and O–H groups in total. The van der Waals surface area contributed by atoms with Crippen LogP contribution in [0, 0.1) is 5.82 Å². The molecule has 0 spiro atoms. The van der Waals surface area contributed by atoms with Crippen LogP contribution in [-0.4, -0.2) is 53.4 Å². The number of aromatic nitrogens is 2. The zero-order chi connectivity index (χ0) is 22.0. The number of nitrogens with zero attached hydrogens (tertiary/aromatic N) is 4. The average Bonchev–Trinajstić information content (AvgIpc) is 3.20. The summed E-state index contributed by atoms with van der Waals surface area (Å²) in [5, 5.41) is 3.11. The van der Waals surface area contributed by atoms with Crippen molar-refractivity contribution in [1.29, 1.82) is 0 Å². The fourth-order valence-electron chi connectivity index (χ4n) is 4.39. The van der Waals surface area contributed by atoms with E-state index in [-0.39, 0.29) is 29.5 Å². The third-order valence-corrected chi connectivity index (χ3v) is 6.22. The number of rotatable bonds is 5. The van der Waals surface area contributed by atoms with Gasteiger partial charge in [0.05, 0.1) is 5.69 Å². The van der Waals surface area contributed by atoms with Crippen molar-refractivity contribution < 1.29 is 14.0 Å². The Bertz CT molecular complexity index is 957. The van der Waals surface area contributed by atoms with Gasteiger partial charge in [-0.25, -0.2) is 14.4 Å². The van der Waals surface area contributed by atoms with Gasteiger partial charge >= 0.3 is 0 Å². The molecule has 4 rings (SSSR count). The fourth-order valence-corrected chi connectivity index (χ4v) is 4.39. The summed E-state index contributed by atoms with van der Waals surface area (Å²) in [7, 11) is 1.82. The van der Waals surface area contributed by atoms with Gasteiger partial charge in [-0.05, 0) is 37.1 Å². The van der Waals surface area contributed by atoms with E-state index < -0.39 is 0 Å². The normalized spacial score (nSPS) is 19.7. The number of anilines is 2. The Labute approximate surface area is 181 Å². The number of hydrogen-bond donors (Lipinski definition) is 1. The molecule has 2 aliphatic heterocycles. The predicted octanol–water partition coefficient (Wildman–Crippen LogP) is 3.29. The monoisotopic (exact) mass is 425 g/mol. The molecule has 31 heavy (non-hydrogen) atoms. The Morgan fingerprint density at radius 3 is 2.52 bits per heavy atom. The molecule has 0 bridgehead atoms. The van der Waals surface area contributed by atoms with Crippen LogP contribution in [0.1, 0.15) is 56.0 Å². The molecule has 2 amide bonds. The van der Waals surface area contributed by atoms with Crippen molar-refractivity contribution in [1.82, 2.24) is 14.9 Å². The van der Waals surface area contributed by atoms with Crippen LogP contribution >= 0.6 is 0 Å². The van der Waals surface area contributed by atoms with Crippen molar-refractivity contribution in [3.05, 3.63) is 47.7 Å². The topological polar surface area (TPSA) is 78.4 Å². The summed E-state index contributed by atoms with van der Waals surface area (Å²) in [6.45, 7) is 3.84. The lowest BCUT2D eigenvalue weighted by Crippen LogP contribution is -2.37. The van der Waals surface area contributed by atoms with Crippen LogP contribution in [0.2, 0.25) is 0 Å². The van der Waals surface area contributed by atoms with Crippen molar-refractivity contribution in [3.63, 3.8) is 0 Å². The Balaban J connectivity index is 1.52. The largest absolute Gasteiger partial charge is 0.373 e. The zero-order valence-electron chi connectivity index (χ0n) is 18.0. The van der Waals surface area contributed by atoms with E-state index in [2.05, 4.69) is 10.3 Å². The number of amides is 2. The lowest BCUT2D eigenvalue weighted by atomic mass is 9.95. The smallest absolute Gasteiger partial charge is 0.227 e. The first-order valence-electron chi connectivity index (χ1n) is 10.9. The van der Waals surface area contributed by atoms with Gasteiger partial charge < -0.3 is 15.1 Å². The lowest BCUT2D eigenvalue weighted by molar-refractivity contribution is -0.131. The standard InChI is InChI=1S/C23H28FN5O2/c1-3-21(30)28-10-8-15(9-11-28)23-26-19(13-20(25-2)27-23)16-12-22(31)29(14-16)18-6-4-17(24)5-7-18/h4-7,13,15-16H,3,8-12,14H2,1-2H3,(H,25,26,27)/t16-/m1/s1. The highest BCUT2D eigenvalue weighted by Gasteiger charge is 2.34. The van der Waals surface area contributed by atoms with E-state index in [1.165, 1.54) is 12.1 Å². The molecule has 1 aromatic heterocycles. The van der Waals surface area contributed by atoms with Crippen LogP contribution in [0.4, 0.5) is 15.9 Å². The number of carbonyl (C=O) groups excluding carboxylic acids is 2. The molecular formula is C23H28FN5O2. The minimum absolute atomic E-state index is 0.00849. The Morgan fingerprint density at radius 2 is 1.87 bits per heavy atom. The van der Waals surface area contributed by atoms with Gasteiger partial charge in [0.15, 0.2) is 0 Å². The highest BCUT2D eigenvalue weighted by atomic mass is 19.1. The number of halogens is 1. The summed E-state index contributed by atoms with van der Waals surface area (Å²) in [5.74, 6) is 1.53. The van der Waals surface area contributed by atoms with Crippen LogP contribution in [0.25, 0.3) is 0 Å². The number of hydrogen-bond acceptors (Lipinski definition) is 5. The van der Waals surface area contributed by atoms with Crippen molar-refractivity contribution >= 4 is 23.3 Å². The number of likely N-dealkylation sites (tertiary alicyclic amines) is 1. The Morgan fingerprint density at radius 1 is 1.16 bits per heavy atom. The first kappa shape index (κ1) is 21.2. The van der Waals surface area contributed by atoms with Gasteiger partial charge in [0.1, 0.15) is 17.5 Å². The first-order chi connectivity index (χ1) is 15.0. The predicted molar refractivity (Wildman–Crippen MR) is 117 cm³/mol. The highest BCUT2D eigenvalue weighted by Crippen LogP contribution is 2.34. The summed E-state index contributed by atoms with van der Waals surface area (Å²) in [5.41, 5.74) is 1.55.